The van der Waals surface area contributed by atoms with E-state index in [2.05, 4.69) is 10.3 Å². The number of carbonyl (C=O) groups is 3. The molecule has 0 bridgehead atoms. The number of carbonyl (C=O) groups excluding carboxylic acids is 3. The summed E-state index contributed by atoms with van der Waals surface area (Å²) in [6.45, 7) is 9.16. The maximum Gasteiger partial charge on any atom is 0.328 e. The third-order valence-electron chi connectivity index (χ3n) is 4.91. The van der Waals surface area contributed by atoms with Crippen molar-refractivity contribution in [1.82, 2.24) is 10.3 Å². The molecular weight excluding hydrogens is 404 g/mol. The van der Waals surface area contributed by atoms with E-state index >= 15 is 0 Å². The van der Waals surface area contributed by atoms with Crippen LogP contribution >= 0.6 is 0 Å². The first-order valence-corrected chi connectivity index (χ1v) is 10.5. The number of amides is 1. The summed E-state index contributed by atoms with van der Waals surface area (Å²) in [7, 11) is 1.38. The van der Waals surface area contributed by atoms with E-state index in [0.29, 0.717) is 12.5 Å². The molecule has 1 unspecified atom stereocenters. The molecular formula is C22H32N2O7. The monoisotopic (exact) mass is 436 g/mol. The molecule has 1 aliphatic carbocycles. The van der Waals surface area contributed by atoms with E-state index in [9.17, 15) is 14.4 Å². The normalized spacial score (nSPS) is 16.2. The fourth-order valence-electron chi connectivity index (χ4n) is 3.00. The quantitative estimate of drug-likeness (QED) is 0.527. The van der Waals surface area contributed by atoms with Crippen molar-refractivity contribution in [1.29, 1.82) is 0 Å². The first-order valence-electron chi connectivity index (χ1n) is 10.5. The van der Waals surface area contributed by atoms with Gasteiger partial charge < -0.3 is 24.3 Å². The van der Waals surface area contributed by atoms with Gasteiger partial charge in [-0.2, -0.15) is 0 Å². The molecule has 0 saturated heterocycles. The number of aromatic nitrogens is 1. The highest BCUT2D eigenvalue weighted by Gasteiger charge is 2.31. The van der Waals surface area contributed by atoms with Gasteiger partial charge in [-0.3, -0.25) is 9.59 Å². The summed E-state index contributed by atoms with van der Waals surface area (Å²) in [5.74, 6) is -1.22. The Morgan fingerprint density at radius 3 is 2.42 bits per heavy atom. The van der Waals surface area contributed by atoms with Gasteiger partial charge in [0.15, 0.2) is 11.4 Å². The molecule has 1 N–H and O–H groups in total. The van der Waals surface area contributed by atoms with Crippen molar-refractivity contribution in [2.45, 2.75) is 65.7 Å². The topological polar surface area (TPSA) is 113 Å². The molecule has 1 aliphatic rings. The molecule has 0 radical (unpaired) electrons. The number of nitrogens with one attached hydrogen (secondary N) is 1. The highest BCUT2D eigenvalue weighted by atomic mass is 16.6. The molecule has 3 atom stereocenters. The van der Waals surface area contributed by atoms with Crippen molar-refractivity contribution in [3.63, 3.8) is 0 Å². The molecule has 0 spiro atoms. The minimum atomic E-state index is -0.956. The van der Waals surface area contributed by atoms with Gasteiger partial charge in [0, 0.05) is 25.8 Å². The zero-order valence-corrected chi connectivity index (χ0v) is 19.0. The minimum Gasteiger partial charge on any atom is -0.493 e. The average molecular weight is 437 g/mol. The largest absolute Gasteiger partial charge is 0.493 e. The molecule has 172 valence electrons. The predicted molar refractivity (Wildman–Crippen MR) is 112 cm³/mol. The standard InChI is InChI=1S/C22H32N2O7/c1-12(2)19(14(4)29-11-16-7-8-16)31-22(27)13(3)24-21(26)18-20(30-15(5)25)17(28-6)9-10-23-18/h9-10,12-14,16,19H,7-8,11H2,1-6H3,(H,24,26)/t13-,14-,19?/m0/s1. The first kappa shape index (κ1) is 24.6. The van der Waals surface area contributed by atoms with Crippen molar-refractivity contribution in [3.05, 3.63) is 18.0 Å². The van der Waals surface area contributed by atoms with E-state index in [1.807, 2.05) is 20.8 Å². The van der Waals surface area contributed by atoms with Gasteiger partial charge in [0.1, 0.15) is 12.1 Å². The van der Waals surface area contributed by atoms with Crippen LogP contribution in [0.5, 0.6) is 11.5 Å². The van der Waals surface area contributed by atoms with Gasteiger partial charge in [-0.1, -0.05) is 13.8 Å². The third kappa shape index (κ3) is 7.20. The summed E-state index contributed by atoms with van der Waals surface area (Å²) in [5.41, 5.74) is -0.171. The smallest absolute Gasteiger partial charge is 0.328 e. The molecule has 0 aliphatic heterocycles. The number of hydrogen-bond acceptors (Lipinski definition) is 8. The predicted octanol–water partition coefficient (Wildman–Crippen LogP) is 2.52. The Kier molecular flexibility index (Phi) is 8.79. The van der Waals surface area contributed by atoms with Crippen LogP contribution in [0.4, 0.5) is 0 Å². The molecule has 1 aromatic rings. The van der Waals surface area contributed by atoms with Gasteiger partial charge in [0.25, 0.3) is 5.91 Å². The van der Waals surface area contributed by atoms with Crippen LogP contribution in [0.15, 0.2) is 12.3 Å². The number of ether oxygens (including phenoxy) is 4. The number of nitrogens with zero attached hydrogens (tertiary/aromatic N) is 1. The van der Waals surface area contributed by atoms with E-state index in [1.165, 1.54) is 46.1 Å². The van der Waals surface area contributed by atoms with Crippen molar-refractivity contribution in [2.75, 3.05) is 13.7 Å². The summed E-state index contributed by atoms with van der Waals surface area (Å²) >= 11 is 0. The van der Waals surface area contributed by atoms with Crippen LogP contribution in [0.2, 0.25) is 0 Å². The number of hydrogen-bond donors (Lipinski definition) is 1. The molecule has 1 saturated carbocycles. The van der Waals surface area contributed by atoms with Crippen molar-refractivity contribution >= 4 is 17.8 Å². The molecule has 31 heavy (non-hydrogen) atoms. The van der Waals surface area contributed by atoms with Crippen molar-refractivity contribution in [2.24, 2.45) is 11.8 Å². The van der Waals surface area contributed by atoms with Crippen LogP contribution in [0.3, 0.4) is 0 Å². The Morgan fingerprint density at radius 1 is 1.19 bits per heavy atom. The highest BCUT2D eigenvalue weighted by Crippen LogP contribution is 2.30. The Morgan fingerprint density at radius 2 is 1.87 bits per heavy atom. The molecule has 9 heteroatoms. The molecule has 1 heterocycles. The Balaban J connectivity index is 2.04. The minimum absolute atomic E-state index is 0.0386. The maximum atomic E-state index is 12.7. The lowest BCUT2D eigenvalue weighted by atomic mass is 10.0. The second-order valence-corrected chi connectivity index (χ2v) is 8.11. The van der Waals surface area contributed by atoms with Gasteiger partial charge in [-0.05, 0) is 38.5 Å². The van der Waals surface area contributed by atoms with E-state index in [0.717, 1.165) is 0 Å². The average Bonchev–Trinajstić information content (AvgIpc) is 3.53. The van der Waals surface area contributed by atoms with Crippen LogP contribution < -0.4 is 14.8 Å². The van der Waals surface area contributed by atoms with E-state index in [4.69, 9.17) is 18.9 Å². The third-order valence-corrected chi connectivity index (χ3v) is 4.91. The summed E-state index contributed by atoms with van der Waals surface area (Å²) in [5, 5.41) is 2.54. The lowest BCUT2D eigenvalue weighted by Crippen LogP contribution is -2.44. The molecule has 2 rings (SSSR count). The van der Waals surface area contributed by atoms with Crippen LogP contribution in [-0.4, -0.2) is 54.8 Å². The van der Waals surface area contributed by atoms with Gasteiger partial charge in [0.2, 0.25) is 5.75 Å². The lowest BCUT2D eigenvalue weighted by molar-refractivity contribution is -0.163. The van der Waals surface area contributed by atoms with Crippen molar-refractivity contribution in [3.8, 4) is 11.5 Å². The van der Waals surface area contributed by atoms with Gasteiger partial charge >= 0.3 is 11.9 Å². The lowest BCUT2D eigenvalue weighted by Gasteiger charge is -2.28. The zero-order valence-electron chi connectivity index (χ0n) is 19.0. The molecule has 9 nitrogen and oxygen atoms in total. The van der Waals surface area contributed by atoms with Crippen LogP contribution in [0, 0.1) is 11.8 Å². The second kappa shape index (κ2) is 11.1. The summed E-state index contributed by atoms with van der Waals surface area (Å²) in [4.78, 5) is 40.7. The fraction of sp³-hybridized carbons (Fsp3) is 0.636. The van der Waals surface area contributed by atoms with E-state index in [-0.39, 0.29) is 29.2 Å². The van der Waals surface area contributed by atoms with Crippen LogP contribution in [-0.2, 0) is 19.1 Å². The Hall–Kier alpha value is -2.68. The molecule has 1 amide bonds. The number of pyridine rings is 1. The second-order valence-electron chi connectivity index (χ2n) is 8.11. The van der Waals surface area contributed by atoms with Crippen LogP contribution in [0.25, 0.3) is 0 Å². The number of rotatable bonds is 11. The molecule has 0 aromatic carbocycles. The number of esters is 2. The van der Waals surface area contributed by atoms with Gasteiger partial charge in [0.05, 0.1) is 13.2 Å². The van der Waals surface area contributed by atoms with E-state index in [1.54, 1.807) is 0 Å². The van der Waals surface area contributed by atoms with Crippen LogP contribution in [0.1, 0.15) is 57.9 Å². The zero-order chi connectivity index (χ0) is 23.1. The molecule has 1 fully saturated rings. The summed E-state index contributed by atoms with van der Waals surface area (Å²) in [6.07, 6.45) is 2.99. The Bertz CT molecular complexity index is 792. The highest BCUT2D eigenvalue weighted by molar-refractivity contribution is 5.98. The van der Waals surface area contributed by atoms with E-state index < -0.39 is 30.0 Å². The van der Waals surface area contributed by atoms with Crippen molar-refractivity contribution < 1.29 is 33.3 Å². The van der Waals surface area contributed by atoms with Gasteiger partial charge in [-0.15, -0.1) is 0 Å². The summed E-state index contributed by atoms with van der Waals surface area (Å²) < 4.78 is 21.7. The Labute approximate surface area is 182 Å². The fourth-order valence-corrected chi connectivity index (χ4v) is 3.00. The summed E-state index contributed by atoms with van der Waals surface area (Å²) in [6, 6.07) is 0.505. The SMILES string of the molecule is COc1ccnc(C(=O)N[C@@H](C)C(=O)OC(C(C)C)[C@H](C)OCC2CC2)c1OC(C)=O. The molecule has 1 aromatic heterocycles. The number of methoxy groups -OCH3 is 1. The first-order chi connectivity index (χ1) is 14.6. The van der Waals surface area contributed by atoms with Gasteiger partial charge in [-0.25, -0.2) is 9.78 Å². The maximum absolute atomic E-state index is 12.7.